The molecular formula is C16H11ClFIN2. The second-order valence-corrected chi connectivity index (χ2v) is 6.03. The van der Waals surface area contributed by atoms with E-state index in [0.717, 1.165) is 26.6 Å². The normalized spacial score (nSPS) is 11.0. The summed E-state index contributed by atoms with van der Waals surface area (Å²) in [5.74, 6) is 0.287. The molecule has 0 saturated carbocycles. The van der Waals surface area contributed by atoms with Gasteiger partial charge in [-0.1, -0.05) is 42.8 Å². The van der Waals surface area contributed by atoms with Gasteiger partial charge < -0.3 is 0 Å². The van der Waals surface area contributed by atoms with Crippen molar-refractivity contribution in [3.8, 4) is 11.4 Å². The Bertz CT molecular complexity index is 836. The topological polar surface area (TPSA) is 25.8 Å². The van der Waals surface area contributed by atoms with Gasteiger partial charge in [0.05, 0.1) is 9.26 Å². The number of hydrogen-bond acceptors (Lipinski definition) is 2. The number of halogens is 3. The molecule has 0 radical (unpaired) electrons. The molecule has 0 aliphatic heterocycles. The Kier molecular flexibility index (Phi) is 4.08. The van der Waals surface area contributed by atoms with Crippen molar-refractivity contribution < 1.29 is 4.39 Å². The Morgan fingerprint density at radius 1 is 1.10 bits per heavy atom. The predicted molar refractivity (Wildman–Crippen MR) is 92.0 cm³/mol. The first-order chi connectivity index (χ1) is 10.1. The van der Waals surface area contributed by atoms with Crippen LogP contribution in [0.3, 0.4) is 0 Å². The second-order valence-electron chi connectivity index (χ2n) is 4.59. The van der Waals surface area contributed by atoms with Gasteiger partial charge in [-0.15, -0.1) is 0 Å². The average molecular weight is 413 g/mol. The molecule has 21 heavy (non-hydrogen) atoms. The molecule has 1 heterocycles. The summed E-state index contributed by atoms with van der Waals surface area (Å²) in [6, 6.07) is 10.5. The van der Waals surface area contributed by atoms with Gasteiger partial charge in [0.15, 0.2) is 5.82 Å². The molecule has 0 N–H and O–H groups in total. The van der Waals surface area contributed by atoms with E-state index in [1.54, 1.807) is 12.1 Å². The number of nitrogens with zero attached hydrogens (tertiary/aromatic N) is 2. The molecule has 0 atom stereocenters. The van der Waals surface area contributed by atoms with Crippen LogP contribution in [0.1, 0.15) is 12.6 Å². The summed E-state index contributed by atoms with van der Waals surface area (Å²) in [6.07, 6.45) is 0.770. The van der Waals surface area contributed by atoms with Gasteiger partial charge >= 0.3 is 0 Å². The van der Waals surface area contributed by atoms with E-state index in [-0.39, 0.29) is 5.82 Å². The van der Waals surface area contributed by atoms with Crippen molar-refractivity contribution in [3.05, 3.63) is 56.6 Å². The van der Waals surface area contributed by atoms with Crippen LogP contribution in [0.15, 0.2) is 36.4 Å². The summed E-state index contributed by atoms with van der Waals surface area (Å²) in [5.41, 5.74) is 1.69. The van der Waals surface area contributed by atoms with Gasteiger partial charge in [-0.25, -0.2) is 14.4 Å². The number of aromatic nitrogens is 2. The van der Waals surface area contributed by atoms with Crippen LogP contribution in [-0.2, 0) is 6.42 Å². The Hall–Kier alpha value is -1.27. The Morgan fingerprint density at radius 2 is 1.81 bits per heavy atom. The zero-order valence-corrected chi connectivity index (χ0v) is 14.1. The lowest BCUT2D eigenvalue weighted by molar-refractivity contribution is 0.640. The van der Waals surface area contributed by atoms with E-state index in [2.05, 4.69) is 32.6 Å². The van der Waals surface area contributed by atoms with Crippen LogP contribution in [0.4, 0.5) is 4.39 Å². The lowest BCUT2D eigenvalue weighted by atomic mass is 10.0. The van der Waals surface area contributed by atoms with Gasteiger partial charge in [-0.2, -0.15) is 0 Å². The van der Waals surface area contributed by atoms with Crippen molar-refractivity contribution in [2.24, 2.45) is 0 Å². The van der Waals surface area contributed by atoms with E-state index < -0.39 is 0 Å². The van der Waals surface area contributed by atoms with Crippen molar-refractivity contribution >= 4 is 45.0 Å². The first-order valence-electron chi connectivity index (χ1n) is 6.51. The fraction of sp³-hybridized carbons (Fsp3) is 0.125. The standard InChI is InChI=1S/C16H11ClFIN2/c1-2-13-14(19)15(17)21-16(20-13)11-7-8-12(18)10-6-4-3-5-9(10)11/h3-8H,2H2,1H3. The van der Waals surface area contributed by atoms with Gasteiger partial charge in [0.25, 0.3) is 0 Å². The van der Waals surface area contributed by atoms with Gasteiger partial charge in [0.2, 0.25) is 0 Å². The van der Waals surface area contributed by atoms with E-state index >= 15 is 0 Å². The smallest absolute Gasteiger partial charge is 0.161 e. The molecule has 0 unspecified atom stereocenters. The van der Waals surface area contributed by atoms with Crippen molar-refractivity contribution in [1.29, 1.82) is 0 Å². The lowest BCUT2D eigenvalue weighted by Gasteiger charge is -2.09. The highest BCUT2D eigenvalue weighted by molar-refractivity contribution is 14.1. The largest absolute Gasteiger partial charge is 0.232 e. The van der Waals surface area contributed by atoms with Gasteiger partial charge in [-0.3, -0.25) is 0 Å². The average Bonchev–Trinajstić information content (AvgIpc) is 2.51. The molecule has 2 nitrogen and oxygen atoms in total. The van der Waals surface area contributed by atoms with E-state index in [1.807, 2.05) is 25.1 Å². The summed E-state index contributed by atoms with van der Waals surface area (Å²) in [6.45, 7) is 2.02. The van der Waals surface area contributed by atoms with Crippen molar-refractivity contribution in [1.82, 2.24) is 9.97 Å². The predicted octanol–water partition coefficient (Wildman–Crippen LogP) is 5.26. The van der Waals surface area contributed by atoms with Crippen LogP contribution in [0, 0.1) is 9.39 Å². The zero-order chi connectivity index (χ0) is 15.0. The van der Waals surface area contributed by atoms with E-state index in [4.69, 9.17) is 11.6 Å². The molecule has 0 bridgehead atoms. The molecule has 0 saturated heterocycles. The fourth-order valence-corrected chi connectivity index (χ4v) is 3.09. The highest BCUT2D eigenvalue weighted by Crippen LogP contribution is 2.30. The number of fused-ring (bicyclic) bond motifs is 1. The minimum Gasteiger partial charge on any atom is -0.232 e. The highest BCUT2D eigenvalue weighted by atomic mass is 127. The summed E-state index contributed by atoms with van der Waals surface area (Å²) in [7, 11) is 0. The molecule has 5 heteroatoms. The summed E-state index contributed by atoms with van der Waals surface area (Å²) < 4.78 is 14.8. The van der Waals surface area contributed by atoms with Crippen LogP contribution < -0.4 is 0 Å². The zero-order valence-electron chi connectivity index (χ0n) is 11.2. The molecule has 1 aromatic heterocycles. The third-order valence-electron chi connectivity index (χ3n) is 3.33. The maximum Gasteiger partial charge on any atom is 0.161 e. The molecule has 0 aliphatic carbocycles. The molecular weight excluding hydrogens is 402 g/mol. The molecule has 2 aromatic carbocycles. The van der Waals surface area contributed by atoms with Gasteiger partial charge in [0.1, 0.15) is 11.0 Å². The van der Waals surface area contributed by atoms with E-state index in [1.165, 1.54) is 6.07 Å². The van der Waals surface area contributed by atoms with Crippen molar-refractivity contribution in [3.63, 3.8) is 0 Å². The second kappa shape index (κ2) is 5.85. The highest BCUT2D eigenvalue weighted by Gasteiger charge is 2.14. The quantitative estimate of drug-likeness (QED) is 0.424. The monoisotopic (exact) mass is 412 g/mol. The number of rotatable bonds is 2. The van der Waals surface area contributed by atoms with Crippen LogP contribution in [-0.4, -0.2) is 9.97 Å². The van der Waals surface area contributed by atoms with Gasteiger partial charge in [-0.05, 0) is 46.5 Å². The Balaban J connectivity index is 2.31. The number of benzene rings is 2. The maximum absolute atomic E-state index is 13.9. The molecule has 0 spiro atoms. The third kappa shape index (κ3) is 2.62. The van der Waals surface area contributed by atoms with E-state index in [0.29, 0.717) is 16.4 Å². The SMILES string of the molecule is CCc1nc(-c2ccc(F)c3ccccc23)nc(Cl)c1I. The number of aryl methyl sites for hydroxylation is 1. The van der Waals surface area contributed by atoms with Crippen LogP contribution in [0.5, 0.6) is 0 Å². The summed E-state index contributed by atoms with van der Waals surface area (Å²) in [4.78, 5) is 8.93. The fourth-order valence-electron chi connectivity index (χ4n) is 2.28. The first kappa shape index (κ1) is 14.7. The van der Waals surface area contributed by atoms with Crippen LogP contribution >= 0.6 is 34.2 Å². The minimum absolute atomic E-state index is 0.248. The summed E-state index contributed by atoms with van der Waals surface area (Å²) >= 11 is 8.34. The number of hydrogen-bond donors (Lipinski definition) is 0. The molecule has 3 rings (SSSR count). The Morgan fingerprint density at radius 3 is 2.52 bits per heavy atom. The first-order valence-corrected chi connectivity index (χ1v) is 7.97. The van der Waals surface area contributed by atoms with Crippen LogP contribution in [0.25, 0.3) is 22.2 Å². The molecule has 0 amide bonds. The van der Waals surface area contributed by atoms with Crippen molar-refractivity contribution in [2.75, 3.05) is 0 Å². The third-order valence-corrected chi connectivity index (χ3v) is 5.05. The Labute approximate surface area is 140 Å². The van der Waals surface area contributed by atoms with Crippen LogP contribution in [0.2, 0.25) is 5.15 Å². The molecule has 0 fully saturated rings. The molecule has 3 aromatic rings. The lowest BCUT2D eigenvalue weighted by Crippen LogP contribution is -2.00. The molecule has 106 valence electrons. The maximum atomic E-state index is 13.9. The van der Waals surface area contributed by atoms with Gasteiger partial charge in [0, 0.05) is 10.9 Å². The summed E-state index contributed by atoms with van der Waals surface area (Å²) in [5, 5.41) is 1.79. The van der Waals surface area contributed by atoms with E-state index in [9.17, 15) is 4.39 Å². The molecule has 0 aliphatic rings. The van der Waals surface area contributed by atoms with Crippen molar-refractivity contribution in [2.45, 2.75) is 13.3 Å². The minimum atomic E-state index is -0.248.